The molecule has 1 heterocycles. The first kappa shape index (κ1) is 16.3. The minimum atomic E-state index is -1.29. The van der Waals surface area contributed by atoms with Gasteiger partial charge in [-0.3, -0.25) is 14.9 Å². The summed E-state index contributed by atoms with van der Waals surface area (Å²) < 4.78 is 0. The van der Waals surface area contributed by atoms with E-state index in [4.69, 9.17) is 5.11 Å². The van der Waals surface area contributed by atoms with E-state index in [9.17, 15) is 19.7 Å². The molecule has 0 atom stereocenters. The van der Waals surface area contributed by atoms with Gasteiger partial charge in [0.15, 0.2) is 5.69 Å². The molecule has 0 saturated heterocycles. The molecule has 0 fully saturated rings. The Morgan fingerprint density at radius 1 is 1.48 bits per heavy atom. The van der Waals surface area contributed by atoms with Crippen LogP contribution < -0.4 is 10.2 Å². The molecule has 0 bridgehead atoms. The molecule has 9 nitrogen and oxygen atoms in total. The summed E-state index contributed by atoms with van der Waals surface area (Å²) in [5, 5.41) is 22.4. The number of carbonyl (C=O) groups excluding carboxylic acids is 1. The second kappa shape index (κ2) is 7.17. The largest absolute Gasteiger partial charge is 0.477 e. The van der Waals surface area contributed by atoms with Crippen LogP contribution in [0.15, 0.2) is 12.1 Å². The standard InChI is InChI=1S/C12H16N4O5/c1-3-6-15(7-10(17)13-2)11-9(16(20)21)5-4-8(14-11)12(18)19/h4-5H,3,6-7H2,1-2H3,(H,13,17)(H,18,19). The number of carboxylic acids is 1. The first-order chi connectivity index (χ1) is 9.90. The van der Waals surface area contributed by atoms with Crippen molar-refractivity contribution in [2.24, 2.45) is 0 Å². The summed E-state index contributed by atoms with van der Waals surface area (Å²) in [6, 6.07) is 2.15. The highest BCUT2D eigenvalue weighted by Crippen LogP contribution is 2.26. The van der Waals surface area contributed by atoms with Gasteiger partial charge in [0.25, 0.3) is 0 Å². The summed E-state index contributed by atoms with van der Waals surface area (Å²) in [5.74, 6) is -1.76. The SMILES string of the molecule is CCCN(CC(=O)NC)c1nc(C(=O)O)ccc1[N+](=O)[O-]. The van der Waals surface area contributed by atoms with E-state index in [2.05, 4.69) is 10.3 Å². The molecule has 1 amide bonds. The van der Waals surface area contributed by atoms with Gasteiger partial charge in [0, 0.05) is 19.7 Å². The molecule has 0 aromatic carbocycles. The molecule has 0 radical (unpaired) electrons. The second-order valence-electron chi connectivity index (χ2n) is 4.20. The summed E-state index contributed by atoms with van der Waals surface area (Å²) in [6.07, 6.45) is 0.618. The van der Waals surface area contributed by atoms with Crippen molar-refractivity contribution in [1.82, 2.24) is 10.3 Å². The molecular weight excluding hydrogens is 280 g/mol. The molecule has 1 aromatic heterocycles. The molecule has 1 rings (SSSR count). The van der Waals surface area contributed by atoms with Crippen LogP contribution in [0.4, 0.5) is 11.5 Å². The number of carboxylic acid groups (broad SMARTS) is 1. The second-order valence-corrected chi connectivity index (χ2v) is 4.20. The third-order valence-corrected chi connectivity index (χ3v) is 2.68. The zero-order chi connectivity index (χ0) is 16.0. The Hall–Kier alpha value is -2.71. The van der Waals surface area contributed by atoms with Crippen molar-refractivity contribution in [1.29, 1.82) is 0 Å². The number of anilines is 1. The van der Waals surface area contributed by atoms with Crippen LogP contribution >= 0.6 is 0 Å². The predicted molar refractivity (Wildman–Crippen MR) is 74.4 cm³/mol. The fraction of sp³-hybridized carbons (Fsp3) is 0.417. The molecule has 0 unspecified atom stereocenters. The highest BCUT2D eigenvalue weighted by Gasteiger charge is 2.24. The summed E-state index contributed by atoms with van der Waals surface area (Å²) in [5.41, 5.74) is -0.647. The van der Waals surface area contributed by atoms with E-state index in [1.54, 1.807) is 0 Å². The van der Waals surface area contributed by atoms with Gasteiger partial charge in [-0.15, -0.1) is 0 Å². The van der Waals surface area contributed by atoms with Crippen molar-refractivity contribution >= 4 is 23.4 Å². The average molecular weight is 296 g/mol. The first-order valence-electron chi connectivity index (χ1n) is 6.25. The molecule has 114 valence electrons. The summed E-state index contributed by atoms with van der Waals surface area (Å²) >= 11 is 0. The van der Waals surface area contributed by atoms with Crippen LogP contribution in [0, 0.1) is 10.1 Å². The Morgan fingerprint density at radius 2 is 2.14 bits per heavy atom. The van der Waals surface area contributed by atoms with E-state index in [1.165, 1.54) is 11.9 Å². The van der Waals surface area contributed by atoms with Gasteiger partial charge < -0.3 is 15.3 Å². The van der Waals surface area contributed by atoms with Gasteiger partial charge in [-0.1, -0.05) is 6.92 Å². The summed E-state index contributed by atoms with van der Waals surface area (Å²) in [4.78, 5) is 38.1. The van der Waals surface area contributed by atoms with E-state index >= 15 is 0 Å². The molecule has 2 N–H and O–H groups in total. The van der Waals surface area contributed by atoms with Gasteiger partial charge >= 0.3 is 11.7 Å². The van der Waals surface area contributed by atoms with Gasteiger partial charge in [-0.05, 0) is 12.5 Å². The number of nitrogens with zero attached hydrogens (tertiary/aromatic N) is 3. The van der Waals surface area contributed by atoms with Crippen LogP contribution in [0.2, 0.25) is 0 Å². The average Bonchev–Trinajstić information content (AvgIpc) is 2.45. The molecule has 0 aliphatic rings. The minimum Gasteiger partial charge on any atom is -0.477 e. The number of pyridine rings is 1. The molecular formula is C12H16N4O5. The number of rotatable bonds is 7. The van der Waals surface area contributed by atoms with Crippen molar-refractivity contribution in [3.63, 3.8) is 0 Å². The van der Waals surface area contributed by atoms with Gasteiger partial charge in [0.05, 0.1) is 11.5 Å². The number of likely N-dealkylation sites (N-methyl/N-ethyl adjacent to an activating group) is 1. The lowest BCUT2D eigenvalue weighted by Gasteiger charge is -2.22. The maximum atomic E-state index is 11.5. The van der Waals surface area contributed by atoms with Crippen LogP contribution in [0.3, 0.4) is 0 Å². The van der Waals surface area contributed by atoms with Crippen LogP contribution in [0.25, 0.3) is 0 Å². The zero-order valence-corrected chi connectivity index (χ0v) is 11.7. The van der Waals surface area contributed by atoms with Crippen LogP contribution in [-0.2, 0) is 4.79 Å². The van der Waals surface area contributed by atoms with Gasteiger partial charge in [0.2, 0.25) is 11.7 Å². The Balaban J connectivity index is 3.30. The fourth-order valence-corrected chi connectivity index (χ4v) is 1.72. The molecule has 9 heteroatoms. The molecule has 0 aliphatic heterocycles. The topological polar surface area (TPSA) is 126 Å². The third-order valence-electron chi connectivity index (χ3n) is 2.68. The molecule has 1 aromatic rings. The number of aromatic nitrogens is 1. The van der Waals surface area contributed by atoms with E-state index < -0.39 is 10.9 Å². The summed E-state index contributed by atoms with van der Waals surface area (Å²) in [7, 11) is 1.45. The number of nitrogens with one attached hydrogen (secondary N) is 1. The number of hydrogen-bond donors (Lipinski definition) is 2. The highest BCUT2D eigenvalue weighted by molar-refractivity contribution is 5.87. The van der Waals surface area contributed by atoms with Crippen molar-refractivity contribution in [2.45, 2.75) is 13.3 Å². The van der Waals surface area contributed by atoms with Crippen LogP contribution in [0.5, 0.6) is 0 Å². The normalized spacial score (nSPS) is 10.0. The van der Waals surface area contributed by atoms with E-state index in [0.29, 0.717) is 13.0 Å². The zero-order valence-electron chi connectivity index (χ0n) is 11.7. The first-order valence-corrected chi connectivity index (χ1v) is 6.25. The van der Waals surface area contributed by atoms with Crippen molar-refractivity contribution in [3.8, 4) is 0 Å². The van der Waals surface area contributed by atoms with Crippen molar-refractivity contribution in [3.05, 3.63) is 27.9 Å². The number of hydrogen-bond acceptors (Lipinski definition) is 6. The van der Waals surface area contributed by atoms with Gasteiger partial charge in [-0.25, -0.2) is 9.78 Å². The van der Waals surface area contributed by atoms with Crippen LogP contribution in [-0.4, -0.2) is 47.0 Å². The third kappa shape index (κ3) is 4.13. The molecule has 0 spiro atoms. The van der Waals surface area contributed by atoms with E-state index in [1.807, 2.05) is 6.92 Å². The van der Waals surface area contributed by atoms with Crippen molar-refractivity contribution < 1.29 is 19.6 Å². The Kier molecular flexibility index (Phi) is 5.58. The Bertz CT molecular complexity index is 561. The van der Waals surface area contributed by atoms with Crippen LogP contribution in [0.1, 0.15) is 23.8 Å². The molecule has 21 heavy (non-hydrogen) atoms. The fourth-order valence-electron chi connectivity index (χ4n) is 1.72. The molecule has 0 aliphatic carbocycles. The minimum absolute atomic E-state index is 0.120. The predicted octanol–water partition coefficient (Wildman–Crippen LogP) is 0.650. The number of amides is 1. The Labute approximate surface area is 120 Å². The highest BCUT2D eigenvalue weighted by atomic mass is 16.6. The lowest BCUT2D eigenvalue weighted by Crippen LogP contribution is -2.37. The maximum absolute atomic E-state index is 11.5. The lowest BCUT2D eigenvalue weighted by molar-refractivity contribution is -0.384. The quantitative estimate of drug-likeness (QED) is 0.558. The smallest absolute Gasteiger partial charge is 0.354 e. The maximum Gasteiger partial charge on any atom is 0.354 e. The van der Waals surface area contributed by atoms with Crippen molar-refractivity contribution in [2.75, 3.05) is 25.0 Å². The van der Waals surface area contributed by atoms with Gasteiger partial charge in [-0.2, -0.15) is 0 Å². The monoisotopic (exact) mass is 296 g/mol. The van der Waals surface area contributed by atoms with Gasteiger partial charge in [0.1, 0.15) is 0 Å². The Morgan fingerprint density at radius 3 is 2.62 bits per heavy atom. The number of nitro groups is 1. The molecule has 0 saturated carbocycles. The number of carbonyl (C=O) groups is 2. The van der Waals surface area contributed by atoms with E-state index in [-0.39, 0.29) is 29.7 Å². The number of aromatic carboxylic acids is 1. The lowest BCUT2D eigenvalue weighted by atomic mass is 10.2. The van der Waals surface area contributed by atoms with E-state index in [0.717, 1.165) is 12.1 Å². The summed E-state index contributed by atoms with van der Waals surface area (Å²) in [6.45, 7) is 2.04.